The van der Waals surface area contributed by atoms with Gasteiger partial charge in [-0.15, -0.1) is 0 Å². The molecule has 0 saturated heterocycles. The van der Waals surface area contributed by atoms with Crippen LogP contribution in [0.2, 0.25) is 0 Å². The minimum absolute atomic E-state index is 0.112. The summed E-state index contributed by atoms with van der Waals surface area (Å²) >= 11 is 0. The lowest BCUT2D eigenvalue weighted by molar-refractivity contribution is -0.161. The van der Waals surface area contributed by atoms with Crippen molar-refractivity contribution >= 4 is 19.5 Å². The molecule has 184 valence electrons. The van der Waals surface area contributed by atoms with Crippen LogP contribution in [0, 0.1) is 6.92 Å². The average Bonchev–Trinajstić information content (AvgIpc) is 3.14. The number of fused-ring (bicyclic) bond motifs is 1. The number of allylic oxidation sites excluding steroid dienone is 1. The summed E-state index contributed by atoms with van der Waals surface area (Å²) in [6.07, 6.45) is 1.08. The monoisotopic (exact) mass is 485 g/mol. The van der Waals surface area contributed by atoms with Crippen LogP contribution in [0.5, 0.6) is 11.5 Å². The van der Waals surface area contributed by atoms with Gasteiger partial charge in [0.2, 0.25) is 6.29 Å². The summed E-state index contributed by atoms with van der Waals surface area (Å²) in [5.74, 6) is -0.688. The highest BCUT2D eigenvalue weighted by Gasteiger charge is 2.31. The number of phenols is 1. The second-order valence-electron chi connectivity index (χ2n) is 7.72. The highest BCUT2D eigenvalue weighted by atomic mass is 31.2. The molecule has 1 aliphatic heterocycles. The SMILES string of the molecule is CCC(=O)O[C@H](C)OP(=O)(O)CCNCC(C)=CCc1c(O)c2c(c(C)c1OC)COC2=O. The van der Waals surface area contributed by atoms with Gasteiger partial charge in [0.05, 0.1) is 13.3 Å². The molecule has 0 saturated carbocycles. The molecule has 1 aliphatic rings. The van der Waals surface area contributed by atoms with Crippen LogP contribution in [-0.4, -0.2) is 54.6 Å². The molecule has 1 heterocycles. The number of benzene rings is 1. The maximum atomic E-state index is 12.1. The molecule has 2 rings (SSSR count). The van der Waals surface area contributed by atoms with Crippen molar-refractivity contribution in [3.63, 3.8) is 0 Å². The average molecular weight is 485 g/mol. The number of carbonyl (C=O) groups excluding carboxylic acids is 2. The van der Waals surface area contributed by atoms with Gasteiger partial charge in [-0.25, -0.2) is 4.79 Å². The van der Waals surface area contributed by atoms with Gasteiger partial charge >= 0.3 is 19.5 Å². The van der Waals surface area contributed by atoms with Gasteiger partial charge in [-0.3, -0.25) is 13.9 Å². The Morgan fingerprint density at radius 3 is 2.73 bits per heavy atom. The molecule has 0 spiro atoms. The third kappa shape index (κ3) is 7.04. The van der Waals surface area contributed by atoms with Crippen molar-refractivity contribution in [3.05, 3.63) is 33.9 Å². The Balaban J connectivity index is 1.92. The van der Waals surface area contributed by atoms with E-state index in [1.165, 1.54) is 14.0 Å². The van der Waals surface area contributed by atoms with Gasteiger partial charge in [-0.05, 0) is 32.8 Å². The van der Waals surface area contributed by atoms with Gasteiger partial charge in [-0.2, -0.15) is 0 Å². The topological polar surface area (TPSA) is 141 Å². The zero-order valence-corrected chi connectivity index (χ0v) is 20.5. The third-order valence-corrected chi connectivity index (χ3v) is 6.59. The molecule has 1 unspecified atom stereocenters. The largest absolute Gasteiger partial charge is 0.507 e. The van der Waals surface area contributed by atoms with Crippen LogP contribution >= 0.6 is 7.60 Å². The smallest absolute Gasteiger partial charge is 0.342 e. The lowest BCUT2D eigenvalue weighted by Gasteiger charge is -2.18. The van der Waals surface area contributed by atoms with Crippen LogP contribution in [0.3, 0.4) is 0 Å². The van der Waals surface area contributed by atoms with E-state index in [1.807, 2.05) is 19.9 Å². The summed E-state index contributed by atoms with van der Waals surface area (Å²) in [7, 11) is -2.42. The maximum Gasteiger partial charge on any atom is 0.342 e. The van der Waals surface area contributed by atoms with Crippen LogP contribution in [0.4, 0.5) is 0 Å². The van der Waals surface area contributed by atoms with Crippen LogP contribution in [0.25, 0.3) is 0 Å². The van der Waals surface area contributed by atoms with Crippen LogP contribution in [0.15, 0.2) is 11.6 Å². The highest BCUT2D eigenvalue weighted by Crippen LogP contribution is 2.43. The van der Waals surface area contributed by atoms with E-state index in [1.54, 1.807) is 6.92 Å². The maximum absolute atomic E-state index is 12.1. The molecule has 33 heavy (non-hydrogen) atoms. The van der Waals surface area contributed by atoms with Crippen molar-refractivity contribution in [2.24, 2.45) is 0 Å². The molecule has 3 N–H and O–H groups in total. The molecule has 0 aliphatic carbocycles. The van der Waals surface area contributed by atoms with Gasteiger partial charge in [0.15, 0.2) is 0 Å². The first-order valence-corrected chi connectivity index (χ1v) is 12.4. The van der Waals surface area contributed by atoms with E-state index in [9.17, 15) is 24.2 Å². The summed E-state index contributed by atoms with van der Waals surface area (Å²) < 4.78 is 32.4. The minimum Gasteiger partial charge on any atom is -0.507 e. The molecule has 11 heteroatoms. The van der Waals surface area contributed by atoms with E-state index >= 15 is 0 Å². The van der Waals surface area contributed by atoms with Crippen LogP contribution in [-0.2, 0) is 36.4 Å². The summed E-state index contributed by atoms with van der Waals surface area (Å²) in [5, 5.41) is 13.7. The number of ether oxygens (including phenoxy) is 3. The second-order valence-corrected chi connectivity index (χ2v) is 9.66. The van der Waals surface area contributed by atoms with Gasteiger partial charge in [0.25, 0.3) is 0 Å². The molecule has 0 radical (unpaired) electrons. The lowest BCUT2D eigenvalue weighted by atomic mass is 9.95. The standard InChI is InChI=1S/C22H32NO9P/c1-6-18(24)31-15(4)32-33(27,28)10-9-23-11-13(2)7-8-16-20(25)19-17(12-30-22(19)26)14(3)21(16)29-5/h7,15,23,25H,6,8-12H2,1-5H3,(H,27,28)/t15-/m0/s1. The Kier molecular flexibility index (Phi) is 9.48. The van der Waals surface area contributed by atoms with Crippen molar-refractivity contribution in [2.45, 2.75) is 53.4 Å². The minimum atomic E-state index is -3.93. The molecule has 0 amide bonds. The predicted molar refractivity (Wildman–Crippen MR) is 120 cm³/mol. The fourth-order valence-corrected chi connectivity index (χ4v) is 4.51. The molecule has 0 aromatic heterocycles. The Morgan fingerprint density at radius 2 is 2.09 bits per heavy atom. The molecule has 2 atom stereocenters. The van der Waals surface area contributed by atoms with Crippen LogP contribution in [0.1, 0.15) is 54.2 Å². The molecule has 1 aromatic carbocycles. The van der Waals surface area contributed by atoms with Crippen molar-refractivity contribution in [3.8, 4) is 11.5 Å². The number of rotatable bonds is 12. The number of aromatic hydroxyl groups is 1. The van der Waals surface area contributed by atoms with E-state index in [2.05, 4.69) is 5.32 Å². The molecule has 0 bridgehead atoms. The summed E-state index contributed by atoms with van der Waals surface area (Å²) in [4.78, 5) is 33.1. The number of hydrogen-bond acceptors (Lipinski definition) is 9. The molecule has 10 nitrogen and oxygen atoms in total. The van der Waals surface area contributed by atoms with Crippen molar-refractivity contribution in [1.82, 2.24) is 5.32 Å². The molecular formula is C22H32NO9P. The van der Waals surface area contributed by atoms with Crippen molar-refractivity contribution < 1.29 is 42.9 Å². The van der Waals surface area contributed by atoms with Crippen LogP contribution < -0.4 is 10.1 Å². The number of nitrogens with one attached hydrogen (secondary N) is 1. The quantitative estimate of drug-likeness (QED) is 0.133. The Morgan fingerprint density at radius 1 is 1.39 bits per heavy atom. The zero-order valence-electron chi connectivity index (χ0n) is 19.6. The Labute approximate surface area is 193 Å². The zero-order chi connectivity index (χ0) is 24.8. The number of hydrogen-bond donors (Lipinski definition) is 3. The fraction of sp³-hybridized carbons (Fsp3) is 0.545. The van der Waals surface area contributed by atoms with Gasteiger partial charge in [0.1, 0.15) is 23.7 Å². The summed E-state index contributed by atoms with van der Waals surface area (Å²) in [6, 6.07) is 0. The van der Waals surface area contributed by atoms with E-state index in [-0.39, 0.29) is 37.0 Å². The third-order valence-electron chi connectivity index (χ3n) is 5.18. The highest BCUT2D eigenvalue weighted by molar-refractivity contribution is 7.52. The number of phenolic OH excluding ortho intramolecular Hbond substituents is 1. The Bertz CT molecular complexity index is 973. The lowest BCUT2D eigenvalue weighted by Crippen LogP contribution is -2.23. The summed E-state index contributed by atoms with van der Waals surface area (Å²) in [6.45, 7) is 7.43. The summed E-state index contributed by atoms with van der Waals surface area (Å²) in [5.41, 5.74) is 2.99. The van der Waals surface area contributed by atoms with Gasteiger partial charge in [-0.1, -0.05) is 18.6 Å². The molecule has 1 aromatic rings. The number of methoxy groups -OCH3 is 1. The number of carbonyl (C=O) groups is 2. The first-order valence-electron chi connectivity index (χ1n) is 10.6. The first kappa shape index (κ1) is 26.9. The van der Waals surface area contributed by atoms with E-state index < -0.39 is 25.8 Å². The van der Waals surface area contributed by atoms with E-state index in [4.69, 9.17) is 18.7 Å². The first-order chi connectivity index (χ1) is 15.5. The molecule has 0 fully saturated rings. The van der Waals surface area contributed by atoms with E-state index in [0.29, 0.717) is 29.8 Å². The Hall–Kier alpha value is -2.39. The van der Waals surface area contributed by atoms with Gasteiger partial charge in [0, 0.05) is 30.6 Å². The molecular weight excluding hydrogens is 453 g/mol. The van der Waals surface area contributed by atoms with E-state index in [0.717, 1.165) is 11.1 Å². The van der Waals surface area contributed by atoms with Crippen molar-refractivity contribution in [1.29, 1.82) is 0 Å². The number of esters is 2. The van der Waals surface area contributed by atoms with Gasteiger partial charge < -0.3 is 29.5 Å². The van der Waals surface area contributed by atoms with Crippen molar-refractivity contribution in [2.75, 3.05) is 26.4 Å². The fourth-order valence-electron chi connectivity index (χ4n) is 3.46. The number of cyclic esters (lactones) is 1. The predicted octanol–water partition coefficient (Wildman–Crippen LogP) is 2.96. The normalized spacial score (nSPS) is 16.1. The second kappa shape index (κ2) is 11.7.